The number of thioether (sulfide) groups is 1. The second-order valence-electron chi connectivity index (χ2n) is 4.18. The van der Waals surface area contributed by atoms with Gasteiger partial charge in [0.2, 0.25) is 10.0 Å². The molecule has 0 radical (unpaired) electrons. The van der Waals surface area contributed by atoms with E-state index in [0.29, 0.717) is 11.3 Å². The molecule has 1 atom stereocenters. The predicted molar refractivity (Wildman–Crippen MR) is 82.2 cm³/mol. The van der Waals surface area contributed by atoms with Gasteiger partial charge in [-0.3, -0.25) is 4.79 Å². The number of nitrogens with one attached hydrogen (secondary N) is 1. The van der Waals surface area contributed by atoms with Crippen molar-refractivity contribution in [2.45, 2.75) is 17.4 Å². The van der Waals surface area contributed by atoms with Crippen LogP contribution in [-0.4, -0.2) is 46.3 Å². The first-order valence-electron chi connectivity index (χ1n) is 5.91. The first-order valence-corrected chi connectivity index (χ1v) is 9.52. The van der Waals surface area contributed by atoms with Gasteiger partial charge in [-0.05, 0) is 30.6 Å². The van der Waals surface area contributed by atoms with Crippen molar-refractivity contribution in [2.75, 3.05) is 12.0 Å². The van der Waals surface area contributed by atoms with E-state index in [-0.39, 0.29) is 16.8 Å². The molecule has 0 spiro atoms. The molecule has 0 unspecified atom stereocenters. The zero-order valence-electron chi connectivity index (χ0n) is 11.0. The van der Waals surface area contributed by atoms with Crippen molar-refractivity contribution in [1.29, 1.82) is 0 Å². The van der Waals surface area contributed by atoms with Gasteiger partial charge in [-0.15, -0.1) is 0 Å². The van der Waals surface area contributed by atoms with Crippen LogP contribution in [0.2, 0.25) is 0 Å². The number of nitrogens with zero attached hydrogens (tertiary/aromatic N) is 2. The molecule has 0 amide bonds. The molecule has 114 valence electrons. The second-order valence-corrected chi connectivity index (χ2v) is 7.38. The third kappa shape index (κ3) is 3.70. The monoisotopic (exact) mass is 347 g/mol. The highest BCUT2D eigenvalue weighted by atomic mass is 32.2. The van der Waals surface area contributed by atoms with E-state index >= 15 is 0 Å². The Labute approximate surface area is 130 Å². The van der Waals surface area contributed by atoms with Crippen molar-refractivity contribution in [2.24, 2.45) is 0 Å². The molecule has 0 saturated carbocycles. The molecule has 0 bridgehead atoms. The van der Waals surface area contributed by atoms with Crippen LogP contribution in [0, 0.1) is 0 Å². The van der Waals surface area contributed by atoms with Crippen LogP contribution in [0.1, 0.15) is 6.42 Å². The third-order valence-corrected chi connectivity index (χ3v) is 5.43. The van der Waals surface area contributed by atoms with Crippen LogP contribution in [0.4, 0.5) is 0 Å². The number of benzene rings is 1. The Hall–Kier alpha value is -1.23. The average Bonchev–Trinajstić information content (AvgIpc) is 2.91. The Kier molecular flexibility index (Phi) is 5.14. The molecule has 1 aromatic carbocycles. The van der Waals surface area contributed by atoms with Crippen LogP contribution in [0.25, 0.3) is 11.0 Å². The number of aromatic nitrogens is 2. The SMILES string of the molecule is CSCC[C@H](NS(=O)(=O)c1cccc2nsnc12)C(=O)O. The van der Waals surface area contributed by atoms with Gasteiger partial charge < -0.3 is 5.11 Å². The Morgan fingerprint density at radius 1 is 1.48 bits per heavy atom. The number of hydrogen-bond donors (Lipinski definition) is 2. The van der Waals surface area contributed by atoms with Gasteiger partial charge in [0.05, 0.1) is 11.7 Å². The predicted octanol–water partition coefficient (Wildman–Crippen LogP) is 1.18. The van der Waals surface area contributed by atoms with E-state index in [9.17, 15) is 13.2 Å². The average molecular weight is 347 g/mol. The van der Waals surface area contributed by atoms with Gasteiger partial charge in [0.15, 0.2) is 0 Å². The molecule has 7 nitrogen and oxygen atoms in total. The van der Waals surface area contributed by atoms with E-state index in [1.807, 2.05) is 6.26 Å². The lowest BCUT2D eigenvalue weighted by atomic mass is 10.2. The molecule has 1 aromatic heterocycles. The topological polar surface area (TPSA) is 109 Å². The summed E-state index contributed by atoms with van der Waals surface area (Å²) in [5, 5.41) is 9.12. The summed E-state index contributed by atoms with van der Waals surface area (Å²) < 4.78 is 34.9. The summed E-state index contributed by atoms with van der Waals surface area (Å²) in [5.74, 6) is -0.654. The van der Waals surface area contributed by atoms with Gasteiger partial charge >= 0.3 is 5.97 Å². The quantitative estimate of drug-likeness (QED) is 0.774. The number of rotatable bonds is 7. The lowest BCUT2D eigenvalue weighted by Crippen LogP contribution is -2.41. The van der Waals surface area contributed by atoms with Gasteiger partial charge in [0.25, 0.3) is 0 Å². The number of sulfonamides is 1. The highest BCUT2D eigenvalue weighted by Crippen LogP contribution is 2.21. The highest BCUT2D eigenvalue weighted by Gasteiger charge is 2.27. The molecule has 0 saturated heterocycles. The lowest BCUT2D eigenvalue weighted by molar-refractivity contribution is -0.139. The van der Waals surface area contributed by atoms with E-state index in [1.165, 1.54) is 17.8 Å². The molecule has 2 aromatic rings. The third-order valence-electron chi connectivity index (χ3n) is 2.74. The van der Waals surface area contributed by atoms with Gasteiger partial charge in [0.1, 0.15) is 22.0 Å². The summed E-state index contributed by atoms with van der Waals surface area (Å²) in [6.45, 7) is 0. The molecule has 10 heteroatoms. The Balaban J connectivity index is 2.33. The fraction of sp³-hybridized carbons (Fsp3) is 0.364. The van der Waals surface area contributed by atoms with E-state index < -0.39 is 22.0 Å². The van der Waals surface area contributed by atoms with E-state index in [2.05, 4.69) is 13.5 Å². The van der Waals surface area contributed by atoms with E-state index in [4.69, 9.17) is 5.11 Å². The van der Waals surface area contributed by atoms with Crippen molar-refractivity contribution in [3.05, 3.63) is 18.2 Å². The Bertz CT molecular complexity index is 744. The van der Waals surface area contributed by atoms with Crippen LogP contribution < -0.4 is 4.72 Å². The first kappa shape index (κ1) is 16.1. The molecule has 21 heavy (non-hydrogen) atoms. The standard InChI is InChI=1S/C11H13N3O4S3/c1-19-6-5-8(11(15)16)14-21(17,18)9-4-2-3-7-10(9)13-20-12-7/h2-4,8,14H,5-6H2,1H3,(H,15,16)/t8-/m0/s1. The lowest BCUT2D eigenvalue weighted by Gasteiger charge is -2.14. The molecule has 0 aliphatic heterocycles. The minimum absolute atomic E-state index is 0.0517. The van der Waals surface area contributed by atoms with Crippen molar-refractivity contribution in [3.8, 4) is 0 Å². The zero-order valence-corrected chi connectivity index (χ0v) is 13.5. The molecule has 2 N–H and O–H groups in total. The number of aliphatic carboxylic acids is 1. The Morgan fingerprint density at radius 2 is 2.24 bits per heavy atom. The fourth-order valence-electron chi connectivity index (χ4n) is 1.72. The summed E-state index contributed by atoms with van der Waals surface area (Å²) in [4.78, 5) is 11.1. The van der Waals surface area contributed by atoms with Gasteiger partial charge in [-0.1, -0.05) is 6.07 Å². The number of carboxylic acids is 1. The van der Waals surface area contributed by atoms with Gasteiger partial charge in [-0.2, -0.15) is 25.2 Å². The summed E-state index contributed by atoms with van der Waals surface area (Å²) in [6, 6.07) is 3.43. The summed E-state index contributed by atoms with van der Waals surface area (Å²) in [5.41, 5.74) is 0.725. The first-order chi connectivity index (χ1) is 9.95. The number of carboxylic acid groups (broad SMARTS) is 1. The molecule has 0 aliphatic rings. The second kappa shape index (κ2) is 6.69. The molecule has 2 rings (SSSR count). The summed E-state index contributed by atoms with van der Waals surface area (Å²) in [6.07, 6.45) is 2.04. The van der Waals surface area contributed by atoms with Crippen LogP contribution in [0.3, 0.4) is 0 Å². The maximum Gasteiger partial charge on any atom is 0.321 e. The highest BCUT2D eigenvalue weighted by molar-refractivity contribution is 7.98. The van der Waals surface area contributed by atoms with Crippen LogP contribution in [0.5, 0.6) is 0 Å². The zero-order chi connectivity index (χ0) is 15.5. The number of carbonyl (C=O) groups is 1. The van der Waals surface area contributed by atoms with Crippen molar-refractivity contribution in [1.82, 2.24) is 13.5 Å². The molecule has 1 heterocycles. The minimum Gasteiger partial charge on any atom is -0.480 e. The van der Waals surface area contributed by atoms with Crippen LogP contribution in [-0.2, 0) is 14.8 Å². The summed E-state index contributed by atoms with van der Waals surface area (Å²) >= 11 is 2.36. The molecule has 0 aliphatic carbocycles. The summed E-state index contributed by atoms with van der Waals surface area (Å²) in [7, 11) is -3.97. The maximum absolute atomic E-state index is 12.4. The van der Waals surface area contributed by atoms with Gasteiger partial charge in [0, 0.05) is 0 Å². The number of hydrogen-bond acceptors (Lipinski definition) is 7. The Morgan fingerprint density at radius 3 is 2.90 bits per heavy atom. The van der Waals surface area contributed by atoms with Gasteiger partial charge in [-0.25, -0.2) is 8.42 Å². The maximum atomic E-state index is 12.4. The largest absolute Gasteiger partial charge is 0.480 e. The van der Waals surface area contributed by atoms with Crippen molar-refractivity contribution < 1.29 is 18.3 Å². The molecular formula is C11H13N3O4S3. The molecular weight excluding hydrogens is 334 g/mol. The minimum atomic E-state index is -3.97. The van der Waals surface area contributed by atoms with Crippen molar-refractivity contribution in [3.63, 3.8) is 0 Å². The van der Waals surface area contributed by atoms with E-state index in [0.717, 1.165) is 11.7 Å². The normalized spacial score (nSPS) is 13.4. The van der Waals surface area contributed by atoms with Crippen LogP contribution >= 0.6 is 23.5 Å². The number of fused-ring (bicyclic) bond motifs is 1. The van der Waals surface area contributed by atoms with E-state index in [1.54, 1.807) is 12.1 Å². The molecule has 0 fully saturated rings. The van der Waals surface area contributed by atoms with Crippen molar-refractivity contribution >= 4 is 50.5 Å². The fourth-order valence-corrected chi connectivity index (χ4v) is 4.18. The van der Waals surface area contributed by atoms with Crippen LogP contribution in [0.15, 0.2) is 23.1 Å². The smallest absolute Gasteiger partial charge is 0.321 e.